The summed E-state index contributed by atoms with van der Waals surface area (Å²) < 4.78 is 0. The molecule has 0 unspecified atom stereocenters. The SMILES string of the molecule is O=C(C[C@@H]1C[C@H]2CC[C@H]1C2)N1CCN(c2ccccc2Cl)CC1. The van der Waals surface area contributed by atoms with Crippen LogP contribution in [0, 0.1) is 17.8 Å². The first-order valence-electron chi connectivity index (χ1n) is 8.98. The minimum atomic E-state index is 0.376. The number of hydrogen-bond acceptors (Lipinski definition) is 2. The number of halogens is 1. The normalized spacial score (nSPS) is 30.0. The molecular formula is C19H25ClN2O. The lowest BCUT2D eigenvalue weighted by Gasteiger charge is -2.37. The van der Waals surface area contributed by atoms with Crippen LogP contribution >= 0.6 is 11.6 Å². The Morgan fingerprint density at radius 2 is 1.87 bits per heavy atom. The number of amides is 1. The van der Waals surface area contributed by atoms with Crippen LogP contribution in [0.3, 0.4) is 0 Å². The second kappa shape index (κ2) is 6.35. The van der Waals surface area contributed by atoms with E-state index in [1.807, 2.05) is 18.2 Å². The van der Waals surface area contributed by atoms with Crippen LogP contribution in [0.15, 0.2) is 24.3 Å². The van der Waals surface area contributed by atoms with Crippen LogP contribution in [0.4, 0.5) is 5.69 Å². The second-order valence-corrected chi connectivity index (χ2v) is 7.87. The van der Waals surface area contributed by atoms with Gasteiger partial charge >= 0.3 is 0 Å². The van der Waals surface area contributed by atoms with Gasteiger partial charge in [0.05, 0.1) is 10.7 Å². The van der Waals surface area contributed by atoms with Gasteiger partial charge in [-0.25, -0.2) is 0 Å². The highest BCUT2D eigenvalue weighted by Gasteiger charge is 2.40. The van der Waals surface area contributed by atoms with E-state index < -0.39 is 0 Å². The van der Waals surface area contributed by atoms with Gasteiger partial charge in [0.2, 0.25) is 5.91 Å². The first-order valence-corrected chi connectivity index (χ1v) is 9.36. The molecule has 4 heteroatoms. The number of nitrogens with zero attached hydrogens (tertiary/aromatic N) is 2. The van der Waals surface area contributed by atoms with E-state index in [2.05, 4.69) is 15.9 Å². The molecule has 1 aromatic rings. The summed E-state index contributed by atoms with van der Waals surface area (Å²) in [4.78, 5) is 17.0. The van der Waals surface area contributed by atoms with E-state index in [1.165, 1.54) is 25.7 Å². The molecule has 4 rings (SSSR count). The molecule has 0 radical (unpaired) electrons. The Morgan fingerprint density at radius 3 is 2.52 bits per heavy atom. The smallest absolute Gasteiger partial charge is 0.222 e. The zero-order chi connectivity index (χ0) is 15.8. The van der Waals surface area contributed by atoms with Crippen LogP contribution < -0.4 is 4.90 Å². The number of hydrogen-bond donors (Lipinski definition) is 0. The third kappa shape index (κ3) is 3.08. The van der Waals surface area contributed by atoms with E-state index in [1.54, 1.807) is 0 Å². The van der Waals surface area contributed by atoms with E-state index >= 15 is 0 Å². The van der Waals surface area contributed by atoms with Crippen molar-refractivity contribution >= 4 is 23.2 Å². The third-order valence-corrected chi connectivity index (χ3v) is 6.47. The van der Waals surface area contributed by atoms with Crippen molar-refractivity contribution in [2.75, 3.05) is 31.1 Å². The average molecular weight is 333 g/mol. The molecule has 1 amide bonds. The Morgan fingerprint density at radius 1 is 1.09 bits per heavy atom. The molecule has 124 valence electrons. The fourth-order valence-electron chi connectivity index (χ4n) is 4.88. The number of carbonyl (C=O) groups is 1. The van der Waals surface area contributed by atoms with Crippen molar-refractivity contribution in [3.05, 3.63) is 29.3 Å². The molecule has 1 aromatic carbocycles. The van der Waals surface area contributed by atoms with Gasteiger partial charge in [0, 0.05) is 32.6 Å². The predicted molar refractivity (Wildman–Crippen MR) is 93.8 cm³/mol. The first-order chi connectivity index (χ1) is 11.2. The van der Waals surface area contributed by atoms with Crippen molar-refractivity contribution in [2.45, 2.75) is 32.1 Å². The highest BCUT2D eigenvalue weighted by Crippen LogP contribution is 2.49. The minimum absolute atomic E-state index is 0.376. The zero-order valence-corrected chi connectivity index (χ0v) is 14.3. The van der Waals surface area contributed by atoms with E-state index in [-0.39, 0.29) is 0 Å². The van der Waals surface area contributed by atoms with Gasteiger partial charge in [-0.1, -0.05) is 30.2 Å². The number of para-hydroxylation sites is 1. The summed E-state index contributed by atoms with van der Waals surface area (Å²) in [6, 6.07) is 7.98. The van der Waals surface area contributed by atoms with Gasteiger partial charge in [0.15, 0.2) is 0 Å². The number of rotatable bonds is 3. The van der Waals surface area contributed by atoms with Gasteiger partial charge in [0.1, 0.15) is 0 Å². The van der Waals surface area contributed by atoms with Gasteiger partial charge in [-0.05, 0) is 49.1 Å². The number of benzene rings is 1. The molecule has 0 spiro atoms. The molecule has 1 heterocycles. The monoisotopic (exact) mass is 332 g/mol. The van der Waals surface area contributed by atoms with Crippen LogP contribution in [0.2, 0.25) is 5.02 Å². The summed E-state index contributed by atoms with van der Waals surface area (Å²) in [6.45, 7) is 3.41. The minimum Gasteiger partial charge on any atom is -0.367 e. The molecule has 3 fully saturated rings. The summed E-state index contributed by atoms with van der Waals surface area (Å²) >= 11 is 6.28. The molecule has 0 aromatic heterocycles. The molecule has 2 aliphatic carbocycles. The van der Waals surface area contributed by atoms with Crippen molar-refractivity contribution in [3.63, 3.8) is 0 Å². The van der Waals surface area contributed by atoms with Crippen LogP contribution in [0.5, 0.6) is 0 Å². The molecule has 3 nitrogen and oxygen atoms in total. The fourth-order valence-corrected chi connectivity index (χ4v) is 5.14. The van der Waals surface area contributed by atoms with E-state index in [4.69, 9.17) is 11.6 Å². The van der Waals surface area contributed by atoms with Crippen LogP contribution in [-0.4, -0.2) is 37.0 Å². The highest BCUT2D eigenvalue weighted by molar-refractivity contribution is 6.33. The standard InChI is InChI=1S/C19H25ClN2O/c20-17-3-1-2-4-18(17)21-7-9-22(10-8-21)19(23)13-16-12-14-5-6-15(16)11-14/h1-4,14-16H,5-13H2/t14-,15-,16-/m0/s1. The van der Waals surface area contributed by atoms with Gasteiger partial charge in [-0.3, -0.25) is 4.79 Å². The molecule has 2 bridgehead atoms. The predicted octanol–water partition coefficient (Wildman–Crippen LogP) is 3.81. The molecule has 1 aliphatic heterocycles. The van der Waals surface area contributed by atoms with Crippen molar-refractivity contribution in [3.8, 4) is 0 Å². The van der Waals surface area contributed by atoms with E-state index in [9.17, 15) is 4.79 Å². The maximum atomic E-state index is 12.6. The zero-order valence-electron chi connectivity index (χ0n) is 13.6. The molecule has 1 saturated heterocycles. The highest BCUT2D eigenvalue weighted by atomic mass is 35.5. The van der Waals surface area contributed by atoms with Crippen LogP contribution in [0.25, 0.3) is 0 Å². The quantitative estimate of drug-likeness (QED) is 0.840. The summed E-state index contributed by atoms with van der Waals surface area (Å²) in [6.07, 6.45) is 6.25. The fraction of sp³-hybridized carbons (Fsp3) is 0.632. The summed E-state index contributed by atoms with van der Waals surface area (Å²) in [5.41, 5.74) is 1.09. The summed E-state index contributed by atoms with van der Waals surface area (Å²) in [5, 5.41) is 0.800. The lowest BCUT2D eigenvalue weighted by Crippen LogP contribution is -2.49. The van der Waals surface area contributed by atoms with Gasteiger partial charge in [-0.15, -0.1) is 0 Å². The lowest BCUT2D eigenvalue weighted by atomic mass is 9.86. The van der Waals surface area contributed by atoms with Crippen LogP contribution in [0.1, 0.15) is 32.1 Å². The Kier molecular flexibility index (Phi) is 4.23. The van der Waals surface area contributed by atoms with Gasteiger partial charge in [-0.2, -0.15) is 0 Å². The largest absolute Gasteiger partial charge is 0.367 e. The van der Waals surface area contributed by atoms with E-state index in [0.29, 0.717) is 11.8 Å². The van der Waals surface area contributed by atoms with Crippen molar-refractivity contribution in [1.29, 1.82) is 0 Å². The molecule has 0 N–H and O–H groups in total. The Hall–Kier alpha value is -1.22. The van der Waals surface area contributed by atoms with E-state index in [0.717, 1.165) is 55.1 Å². The molecule has 3 aliphatic rings. The Balaban J connectivity index is 1.31. The topological polar surface area (TPSA) is 23.6 Å². The van der Waals surface area contributed by atoms with Gasteiger partial charge in [0.25, 0.3) is 0 Å². The van der Waals surface area contributed by atoms with Crippen molar-refractivity contribution < 1.29 is 4.79 Å². The second-order valence-electron chi connectivity index (χ2n) is 7.46. The van der Waals surface area contributed by atoms with Crippen molar-refractivity contribution in [2.24, 2.45) is 17.8 Å². The van der Waals surface area contributed by atoms with Crippen LogP contribution in [-0.2, 0) is 4.79 Å². The maximum absolute atomic E-state index is 12.6. The summed E-state index contributed by atoms with van der Waals surface area (Å²) in [7, 11) is 0. The Bertz CT molecular complexity index is 582. The third-order valence-electron chi connectivity index (χ3n) is 6.15. The lowest BCUT2D eigenvalue weighted by molar-refractivity contribution is -0.132. The molecule has 2 saturated carbocycles. The first kappa shape index (κ1) is 15.3. The van der Waals surface area contributed by atoms with Crippen molar-refractivity contribution in [1.82, 2.24) is 4.90 Å². The summed E-state index contributed by atoms with van der Waals surface area (Å²) in [5.74, 6) is 2.81. The molecular weight excluding hydrogens is 308 g/mol. The number of carbonyl (C=O) groups excluding carboxylic acids is 1. The van der Waals surface area contributed by atoms with Gasteiger partial charge < -0.3 is 9.80 Å². The number of anilines is 1. The Labute approximate surface area is 143 Å². The maximum Gasteiger partial charge on any atom is 0.222 e. The average Bonchev–Trinajstić information content (AvgIpc) is 3.18. The number of piperazine rings is 1. The number of fused-ring (bicyclic) bond motifs is 2. The molecule has 3 atom stereocenters. The molecule has 23 heavy (non-hydrogen) atoms.